The van der Waals surface area contributed by atoms with Gasteiger partial charge in [-0.1, -0.05) is 8.96 Å². The van der Waals surface area contributed by atoms with E-state index in [1.807, 2.05) is 0 Å². The summed E-state index contributed by atoms with van der Waals surface area (Å²) < 4.78 is 23.1. The fraction of sp³-hybridized carbons (Fsp3) is 1.00. The first-order valence-corrected chi connectivity index (χ1v) is 2.24. The summed E-state index contributed by atoms with van der Waals surface area (Å²) in [7, 11) is 0. The first-order chi connectivity index (χ1) is 4.83. The van der Waals surface area contributed by atoms with Crippen LogP contribution in [0.2, 0.25) is 0 Å². The normalized spacial score (nSPS) is 11.6. The lowest BCUT2D eigenvalue weighted by Gasteiger charge is -2.10. The number of halogens is 2. The fourth-order valence-electron chi connectivity index (χ4n) is 0.190. The molecule has 0 spiro atoms. The van der Waals surface area contributed by atoms with Crippen molar-refractivity contribution in [3.63, 3.8) is 0 Å². The summed E-state index contributed by atoms with van der Waals surface area (Å²) >= 11 is 0. The Morgan fingerprint density at radius 3 is 1.55 bits per heavy atom. The van der Waals surface area contributed by atoms with Crippen LogP contribution in [0.25, 0.3) is 0 Å². The van der Waals surface area contributed by atoms with Crippen molar-refractivity contribution in [3.8, 4) is 0 Å². The number of hydrogen-bond acceptors (Lipinski definition) is 5. The molecule has 0 saturated heterocycles. The summed E-state index contributed by atoms with van der Waals surface area (Å²) in [6, 6.07) is 0. The Hall–Kier alpha value is -1.38. The molecule has 9 heteroatoms. The zero-order chi connectivity index (χ0) is 9.23. The minimum atomic E-state index is -3.56. The molecule has 0 aromatic carbocycles. The maximum atomic E-state index is 11.5. The third kappa shape index (κ3) is 1.37. The van der Waals surface area contributed by atoms with Gasteiger partial charge in [0.05, 0.1) is 0 Å². The molecule has 0 aliphatic heterocycles. The Bertz CT molecular complexity index is 180. The highest BCUT2D eigenvalue weighted by molar-refractivity contribution is 4.46. The Kier molecular flexibility index (Phi) is 2.36. The summed E-state index contributed by atoms with van der Waals surface area (Å²) in [4.78, 5) is 16.1. The molecule has 0 unspecified atom stereocenters. The molecule has 0 aliphatic carbocycles. The lowest BCUT2D eigenvalue weighted by Crippen LogP contribution is -2.51. The van der Waals surface area contributed by atoms with Gasteiger partial charge in [0, 0.05) is 0 Å². The number of hydrogen-bond donors (Lipinski definition) is 0. The zero-order valence-corrected chi connectivity index (χ0v) is 5.23. The monoisotopic (exact) mass is 171 g/mol. The molecule has 0 saturated carbocycles. The van der Waals surface area contributed by atoms with Crippen LogP contribution in [-0.2, 0) is 0 Å². The quantitative estimate of drug-likeness (QED) is 0.263. The number of nitrogens with zero attached hydrogens (tertiary/aromatic N) is 3. The van der Waals surface area contributed by atoms with Crippen LogP contribution in [-0.4, -0.2) is 21.0 Å². The smallest absolute Gasteiger partial charge is 0.257 e. The average molecular weight is 171 g/mol. The molecule has 0 bridgehead atoms. The molecule has 11 heavy (non-hydrogen) atoms. The molecule has 0 atom stereocenters. The molecule has 0 N–H and O–H groups in total. The van der Waals surface area contributed by atoms with Gasteiger partial charge in [-0.05, 0) is 0 Å². The van der Waals surface area contributed by atoms with E-state index in [2.05, 4.69) is 0 Å². The molecule has 0 amide bonds. The molecule has 0 aromatic heterocycles. The Morgan fingerprint density at radius 2 is 1.55 bits per heavy atom. The Morgan fingerprint density at radius 1 is 1.27 bits per heavy atom. The van der Waals surface area contributed by atoms with Crippen molar-refractivity contribution in [1.82, 2.24) is 5.34 Å². The molecule has 0 heterocycles. The Labute approximate surface area is 58.4 Å². The maximum absolute atomic E-state index is 11.5. The summed E-state index contributed by atoms with van der Waals surface area (Å²) in [5, 5.41) is 17.4. The van der Waals surface area contributed by atoms with E-state index in [0.717, 1.165) is 0 Å². The standard InChI is InChI=1S/C2H3F2N3O4/c1-2(5(3)4,6(8)9)7(10)11/h1H3. The van der Waals surface area contributed by atoms with E-state index in [1.54, 1.807) is 0 Å². The van der Waals surface area contributed by atoms with Gasteiger partial charge < -0.3 is 0 Å². The third-order valence-electron chi connectivity index (χ3n) is 1.01. The van der Waals surface area contributed by atoms with E-state index in [1.165, 1.54) is 0 Å². The lowest BCUT2D eigenvalue weighted by molar-refractivity contribution is -0.843. The predicted molar refractivity (Wildman–Crippen MR) is 26.4 cm³/mol. The third-order valence-corrected chi connectivity index (χ3v) is 1.01. The highest BCUT2D eigenvalue weighted by Crippen LogP contribution is 2.16. The van der Waals surface area contributed by atoms with Crippen molar-refractivity contribution in [2.24, 2.45) is 0 Å². The van der Waals surface area contributed by atoms with Crippen molar-refractivity contribution in [1.29, 1.82) is 0 Å². The highest BCUT2D eigenvalue weighted by atomic mass is 19.4. The molecule has 0 radical (unpaired) electrons. The molecular formula is C2H3F2N3O4. The van der Waals surface area contributed by atoms with Crippen LogP contribution < -0.4 is 0 Å². The van der Waals surface area contributed by atoms with Crippen LogP contribution in [0.15, 0.2) is 0 Å². The van der Waals surface area contributed by atoms with Crippen molar-refractivity contribution in [3.05, 3.63) is 20.2 Å². The highest BCUT2D eigenvalue weighted by Gasteiger charge is 2.60. The first kappa shape index (κ1) is 9.62. The number of nitro groups is 2. The molecule has 64 valence electrons. The van der Waals surface area contributed by atoms with Crippen LogP contribution in [0.1, 0.15) is 6.92 Å². The summed E-state index contributed by atoms with van der Waals surface area (Å²) in [5.41, 5.74) is 0. The largest absolute Gasteiger partial charge is 0.571 e. The molecular weight excluding hydrogens is 168 g/mol. The second-order valence-corrected chi connectivity index (χ2v) is 1.72. The summed E-state index contributed by atoms with van der Waals surface area (Å²) in [5.74, 6) is -3.56. The van der Waals surface area contributed by atoms with E-state index < -0.39 is 21.0 Å². The van der Waals surface area contributed by atoms with E-state index in [-0.39, 0.29) is 6.92 Å². The van der Waals surface area contributed by atoms with Crippen molar-refractivity contribution >= 4 is 0 Å². The van der Waals surface area contributed by atoms with Gasteiger partial charge in [-0.3, -0.25) is 20.2 Å². The molecule has 0 fully saturated rings. The zero-order valence-electron chi connectivity index (χ0n) is 5.23. The second-order valence-electron chi connectivity index (χ2n) is 1.72. The lowest BCUT2D eigenvalue weighted by atomic mass is 10.5. The molecule has 7 nitrogen and oxygen atoms in total. The fourth-order valence-corrected chi connectivity index (χ4v) is 0.190. The van der Waals surface area contributed by atoms with Gasteiger partial charge in [0.25, 0.3) is 0 Å². The van der Waals surface area contributed by atoms with Crippen LogP contribution in [0.5, 0.6) is 0 Å². The van der Waals surface area contributed by atoms with Gasteiger partial charge in [-0.2, -0.15) is 0 Å². The number of rotatable bonds is 3. The molecule has 0 aliphatic rings. The SMILES string of the molecule is CC(N(F)F)([N+](=O)[O-])[N+](=O)[O-]. The average Bonchev–Trinajstić information content (AvgIpc) is 1.84. The summed E-state index contributed by atoms with van der Waals surface area (Å²) in [6.07, 6.45) is 0. The van der Waals surface area contributed by atoms with Gasteiger partial charge in [-0.25, -0.2) is 0 Å². The van der Waals surface area contributed by atoms with Crippen molar-refractivity contribution in [2.45, 2.75) is 12.7 Å². The minimum Gasteiger partial charge on any atom is -0.257 e. The minimum absolute atomic E-state index is 0.188. The van der Waals surface area contributed by atoms with E-state index in [4.69, 9.17) is 0 Å². The van der Waals surface area contributed by atoms with Crippen molar-refractivity contribution in [2.75, 3.05) is 0 Å². The van der Waals surface area contributed by atoms with Gasteiger partial charge in [0.15, 0.2) is 5.34 Å². The predicted octanol–water partition coefficient (Wildman–Crippen LogP) is 0.285. The van der Waals surface area contributed by atoms with E-state index in [9.17, 15) is 29.2 Å². The van der Waals surface area contributed by atoms with Crippen molar-refractivity contribution < 1.29 is 18.8 Å². The van der Waals surface area contributed by atoms with Crippen LogP contribution in [0.3, 0.4) is 0 Å². The van der Waals surface area contributed by atoms with Crippen LogP contribution in [0.4, 0.5) is 8.96 Å². The van der Waals surface area contributed by atoms with E-state index >= 15 is 0 Å². The molecule has 0 rings (SSSR count). The van der Waals surface area contributed by atoms with Crippen LogP contribution >= 0.6 is 0 Å². The summed E-state index contributed by atoms with van der Waals surface area (Å²) in [6.45, 7) is 0.188. The van der Waals surface area contributed by atoms with E-state index in [0.29, 0.717) is 0 Å². The van der Waals surface area contributed by atoms with Gasteiger partial charge in [-0.15, -0.1) is 0 Å². The Balaban J connectivity index is 4.82. The topological polar surface area (TPSA) is 89.5 Å². The van der Waals surface area contributed by atoms with Crippen LogP contribution in [0, 0.1) is 20.2 Å². The first-order valence-electron chi connectivity index (χ1n) is 2.24. The van der Waals surface area contributed by atoms with Gasteiger partial charge in [0.1, 0.15) is 16.8 Å². The van der Waals surface area contributed by atoms with Gasteiger partial charge >= 0.3 is 5.79 Å². The molecule has 0 aromatic rings. The second kappa shape index (κ2) is 2.70. The maximum Gasteiger partial charge on any atom is 0.571 e. The van der Waals surface area contributed by atoms with Gasteiger partial charge in [0.2, 0.25) is 0 Å².